The van der Waals surface area contributed by atoms with Crippen LogP contribution >= 0.6 is 0 Å². The van der Waals surface area contributed by atoms with Crippen LogP contribution in [0.2, 0.25) is 0 Å². The molecule has 2 aliphatic heterocycles. The second kappa shape index (κ2) is 8.91. The van der Waals surface area contributed by atoms with Gasteiger partial charge in [-0.15, -0.1) is 0 Å². The second-order valence-corrected chi connectivity index (χ2v) is 9.08. The molecule has 0 aromatic heterocycles. The van der Waals surface area contributed by atoms with E-state index in [1.165, 1.54) is 27.8 Å². The quantitative estimate of drug-likeness (QED) is 0.718. The number of benzene rings is 2. The van der Waals surface area contributed by atoms with Crippen molar-refractivity contribution in [2.24, 2.45) is 11.8 Å². The lowest BCUT2D eigenvalue weighted by molar-refractivity contribution is -0.133. The molecule has 4 nitrogen and oxygen atoms in total. The zero-order valence-electron chi connectivity index (χ0n) is 18.7. The molecule has 0 unspecified atom stereocenters. The number of nitrogens with zero attached hydrogens (tertiary/aromatic N) is 2. The number of hydrogen-bond donors (Lipinski definition) is 0. The van der Waals surface area contributed by atoms with Crippen LogP contribution in [-0.2, 0) is 16.1 Å². The monoisotopic (exact) mass is 406 g/mol. The van der Waals surface area contributed by atoms with Crippen molar-refractivity contribution in [3.63, 3.8) is 0 Å². The average molecular weight is 407 g/mol. The van der Waals surface area contributed by atoms with Crippen LogP contribution in [0.25, 0.3) is 0 Å². The van der Waals surface area contributed by atoms with Crippen molar-refractivity contribution in [3.8, 4) is 0 Å². The molecule has 0 radical (unpaired) electrons. The first kappa shape index (κ1) is 21.1. The minimum absolute atomic E-state index is 0.170. The molecule has 4 rings (SSSR count). The highest BCUT2D eigenvalue weighted by molar-refractivity contribution is 5.77. The number of rotatable bonds is 6. The Balaban J connectivity index is 1.57. The molecule has 0 spiro atoms. The number of likely N-dealkylation sites (tertiary alicyclic amines) is 2. The van der Waals surface area contributed by atoms with Gasteiger partial charge in [-0.2, -0.15) is 0 Å². The number of hydrogen-bond acceptors (Lipinski definition) is 3. The molecule has 30 heavy (non-hydrogen) atoms. The predicted octanol–water partition coefficient (Wildman–Crippen LogP) is 4.28. The molecular weight excluding hydrogens is 372 g/mol. The van der Waals surface area contributed by atoms with E-state index in [1.54, 1.807) is 7.11 Å². The summed E-state index contributed by atoms with van der Waals surface area (Å²) in [4.78, 5) is 17.8. The molecule has 3 atom stereocenters. The molecule has 0 bridgehead atoms. The van der Waals surface area contributed by atoms with Gasteiger partial charge in [0.25, 0.3) is 0 Å². The van der Waals surface area contributed by atoms with E-state index in [2.05, 4.69) is 73.0 Å². The van der Waals surface area contributed by atoms with E-state index < -0.39 is 0 Å². The minimum Gasteiger partial charge on any atom is -0.384 e. The number of aryl methyl sites for hydroxylation is 3. The summed E-state index contributed by atoms with van der Waals surface area (Å²) in [5, 5.41) is 0. The third kappa shape index (κ3) is 4.03. The zero-order valence-corrected chi connectivity index (χ0v) is 18.7. The fourth-order valence-electron chi connectivity index (χ4n) is 5.50. The lowest BCUT2D eigenvalue weighted by atomic mass is 9.87. The predicted molar refractivity (Wildman–Crippen MR) is 120 cm³/mol. The van der Waals surface area contributed by atoms with E-state index in [9.17, 15) is 4.79 Å². The van der Waals surface area contributed by atoms with Crippen LogP contribution in [0.3, 0.4) is 0 Å². The summed E-state index contributed by atoms with van der Waals surface area (Å²) in [7, 11) is 1.66. The van der Waals surface area contributed by atoms with Crippen molar-refractivity contribution >= 4 is 5.91 Å². The van der Waals surface area contributed by atoms with Crippen LogP contribution in [0, 0.1) is 32.6 Å². The highest BCUT2D eigenvalue weighted by Crippen LogP contribution is 2.46. The van der Waals surface area contributed by atoms with Crippen molar-refractivity contribution in [2.45, 2.75) is 39.8 Å². The van der Waals surface area contributed by atoms with E-state index in [4.69, 9.17) is 4.74 Å². The van der Waals surface area contributed by atoms with Gasteiger partial charge in [0.05, 0.1) is 19.1 Å². The Labute approximate surface area is 180 Å². The number of fused-ring (bicyclic) bond motifs is 1. The molecule has 4 heteroatoms. The number of amides is 1. The normalized spacial score (nSPS) is 23.7. The van der Waals surface area contributed by atoms with Crippen molar-refractivity contribution in [2.75, 3.05) is 33.4 Å². The summed E-state index contributed by atoms with van der Waals surface area (Å²) >= 11 is 0. The number of carbonyl (C=O) groups excluding carboxylic acids is 1. The maximum Gasteiger partial charge on any atom is 0.225 e. The molecule has 0 N–H and O–H groups in total. The number of carbonyl (C=O) groups is 1. The minimum atomic E-state index is 0.170. The molecule has 0 aliphatic carbocycles. The van der Waals surface area contributed by atoms with E-state index in [0.717, 1.165) is 26.2 Å². The summed E-state index contributed by atoms with van der Waals surface area (Å²) in [6.45, 7) is 11.1. The molecule has 160 valence electrons. The fourth-order valence-corrected chi connectivity index (χ4v) is 5.50. The molecule has 2 saturated heterocycles. The Kier molecular flexibility index (Phi) is 6.26. The largest absolute Gasteiger partial charge is 0.384 e. The van der Waals surface area contributed by atoms with E-state index in [0.29, 0.717) is 24.9 Å². The molecule has 2 heterocycles. The van der Waals surface area contributed by atoms with Crippen molar-refractivity contribution < 1.29 is 9.53 Å². The summed E-state index contributed by atoms with van der Waals surface area (Å²) in [5.74, 6) is 1.24. The van der Waals surface area contributed by atoms with Crippen molar-refractivity contribution in [1.82, 2.24) is 9.80 Å². The summed E-state index contributed by atoms with van der Waals surface area (Å²) in [6, 6.07) is 15.3. The second-order valence-electron chi connectivity index (χ2n) is 9.08. The van der Waals surface area contributed by atoms with Gasteiger partial charge in [0, 0.05) is 39.2 Å². The van der Waals surface area contributed by atoms with Crippen LogP contribution in [0.15, 0.2) is 42.5 Å². The van der Waals surface area contributed by atoms with E-state index in [-0.39, 0.29) is 11.9 Å². The lowest BCUT2D eigenvalue weighted by Gasteiger charge is -2.31. The Morgan fingerprint density at radius 2 is 1.67 bits per heavy atom. The van der Waals surface area contributed by atoms with E-state index >= 15 is 0 Å². The fraction of sp³-hybridized carbons (Fsp3) is 0.500. The van der Waals surface area contributed by atoms with Crippen LogP contribution < -0.4 is 0 Å². The standard InChI is InChI=1S/C26H34N2O2/c1-18-8-5-6-11-22(18)26-24-17-27(16-23-19(2)9-7-10-20(23)3)14-21(24)15-28(26)25(29)12-13-30-4/h5-11,21,24,26H,12-17H2,1-4H3/t21-,24-,26+/m0/s1. The zero-order chi connectivity index (χ0) is 21.3. The first-order valence-electron chi connectivity index (χ1n) is 11.1. The van der Waals surface area contributed by atoms with Crippen molar-refractivity contribution in [1.29, 1.82) is 0 Å². The average Bonchev–Trinajstić information content (AvgIpc) is 3.27. The Morgan fingerprint density at radius 1 is 0.967 bits per heavy atom. The van der Waals surface area contributed by atoms with Gasteiger partial charge in [-0.25, -0.2) is 0 Å². The van der Waals surface area contributed by atoms with Crippen molar-refractivity contribution in [3.05, 3.63) is 70.3 Å². The Morgan fingerprint density at radius 3 is 2.37 bits per heavy atom. The Hall–Kier alpha value is -2.17. The van der Waals surface area contributed by atoms with Gasteiger partial charge in [0.2, 0.25) is 5.91 Å². The molecular formula is C26H34N2O2. The highest BCUT2D eigenvalue weighted by Gasteiger charge is 2.49. The van der Waals surface area contributed by atoms with Gasteiger partial charge in [-0.3, -0.25) is 9.69 Å². The summed E-state index contributed by atoms with van der Waals surface area (Å²) in [6.07, 6.45) is 0.463. The van der Waals surface area contributed by atoms with Gasteiger partial charge in [-0.1, -0.05) is 42.5 Å². The Bertz CT molecular complexity index is 889. The van der Waals surface area contributed by atoms with E-state index in [1.807, 2.05) is 0 Å². The van der Waals surface area contributed by atoms with Gasteiger partial charge < -0.3 is 9.64 Å². The molecule has 2 aliphatic rings. The maximum atomic E-state index is 13.0. The van der Waals surface area contributed by atoms with Crippen LogP contribution in [0.1, 0.15) is 40.3 Å². The third-order valence-electron chi connectivity index (χ3n) is 7.11. The maximum absolute atomic E-state index is 13.0. The van der Waals surface area contributed by atoms with Gasteiger partial charge in [0.15, 0.2) is 0 Å². The molecule has 2 aromatic carbocycles. The first-order chi connectivity index (χ1) is 14.5. The third-order valence-corrected chi connectivity index (χ3v) is 7.11. The molecule has 0 saturated carbocycles. The van der Waals surface area contributed by atoms with Crippen LogP contribution in [0.5, 0.6) is 0 Å². The number of methoxy groups -OCH3 is 1. The number of ether oxygens (including phenoxy) is 1. The summed E-state index contributed by atoms with van der Waals surface area (Å²) < 4.78 is 5.18. The van der Waals surface area contributed by atoms with Crippen LogP contribution in [0.4, 0.5) is 0 Å². The van der Waals surface area contributed by atoms with Gasteiger partial charge in [0.1, 0.15) is 0 Å². The first-order valence-corrected chi connectivity index (χ1v) is 11.1. The molecule has 1 amide bonds. The SMILES string of the molecule is COCCC(=O)N1C[C@@H]2CN(Cc3c(C)cccc3C)C[C@@H]2[C@H]1c1ccccc1C. The smallest absolute Gasteiger partial charge is 0.225 e. The lowest BCUT2D eigenvalue weighted by Crippen LogP contribution is -2.36. The van der Waals surface area contributed by atoms with Gasteiger partial charge in [-0.05, 0) is 54.5 Å². The van der Waals surface area contributed by atoms with Gasteiger partial charge >= 0.3 is 0 Å². The molecule has 2 aromatic rings. The highest BCUT2D eigenvalue weighted by atomic mass is 16.5. The van der Waals surface area contributed by atoms with Crippen LogP contribution in [-0.4, -0.2) is 49.1 Å². The molecule has 2 fully saturated rings. The topological polar surface area (TPSA) is 32.8 Å². The summed E-state index contributed by atoms with van der Waals surface area (Å²) in [5.41, 5.74) is 6.79.